The fourth-order valence-electron chi connectivity index (χ4n) is 4.65. The largest absolute Gasteiger partial charge is 0.366 e. The standard InChI is InChI=1S/C25H27N3O3/c1-16-13-17(2)15-27(14-16)23-22(19-9-11-20(12-10-19)26-18(3)29)24(30)28(25(23)31)21-7-5-4-6-8-21/h4-12,16-17H,13-15H2,1-3H3,(H,26,29). The Labute approximate surface area is 182 Å². The number of nitrogens with one attached hydrogen (secondary N) is 1. The van der Waals surface area contributed by atoms with Crippen LogP contribution in [0.25, 0.3) is 5.57 Å². The van der Waals surface area contributed by atoms with Crippen molar-refractivity contribution < 1.29 is 14.4 Å². The maximum Gasteiger partial charge on any atom is 0.282 e. The molecule has 2 heterocycles. The summed E-state index contributed by atoms with van der Waals surface area (Å²) in [5.74, 6) is 0.121. The van der Waals surface area contributed by atoms with Crippen LogP contribution < -0.4 is 10.2 Å². The van der Waals surface area contributed by atoms with Gasteiger partial charge >= 0.3 is 0 Å². The molecule has 31 heavy (non-hydrogen) atoms. The van der Waals surface area contributed by atoms with Gasteiger partial charge in [-0.25, -0.2) is 4.90 Å². The van der Waals surface area contributed by atoms with Crippen LogP contribution in [0.5, 0.6) is 0 Å². The molecule has 2 aliphatic rings. The number of nitrogens with zero attached hydrogens (tertiary/aromatic N) is 2. The van der Waals surface area contributed by atoms with Crippen LogP contribution in [0.15, 0.2) is 60.3 Å². The van der Waals surface area contributed by atoms with E-state index in [9.17, 15) is 14.4 Å². The molecule has 0 bridgehead atoms. The lowest BCUT2D eigenvalue weighted by Crippen LogP contribution is -2.41. The summed E-state index contributed by atoms with van der Waals surface area (Å²) in [5, 5.41) is 2.74. The molecule has 2 atom stereocenters. The van der Waals surface area contributed by atoms with Gasteiger partial charge in [-0.1, -0.05) is 44.2 Å². The van der Waals surface area contributed by atoms with E-state index in [4.69, 9.17) is 0 Å². The van der Waals surface area contributed by atoms with E-state index in [2.05, 4.69) is 24.1 Å². The summed E-state index contributed by atoms with van der Waals surface area (Å²) in [7, 11) is 0. The van der Waals surface area contributed by atoms with Crippen molar-refractivity contribution in [3.8, 4) is 0 Å². The zero-order valence-electron chi connectivity index (χ0n) is 18.1. The van der Waals surface area contributed by atoms with Gasteiger partial charge in [0.05, 0.1) is 11.3 Å². The first kappa shape index (κ1) is 20.8. The molecule has 3 amide bonds. The number of hydrogen-bond acceptors (Lipinski definition) is 4. The van der Waals surface area contributed by atoms with E-state index in [1.807, 2.05) is 18.2 Å². The van der Waals surface area contributed by atoms with Gasteiger partial charge in [0.25, 0.3) is 11.8 Å². The van der Waals surface area contributed by atoms with Crippen molar-refractivity contribution in [1.82, 2.24) is 4.90 Å². The molecule has 2 aromatic rings. The number of anilines is 2. The van der Waals surface area contributed by atoms with Crippen molar-refractivity contribution in [2.24, 2.45) is 11.8 Å². The molecule has 160 valence electrons. The fourth-order valence-corrected chi connectivity index (χ4v) is 4.65. The number of imide groups is 1. The Hall–Kier alpha value is -3.41. The van der Waals surface area contributed by atoms with Crippen molar-refractivity contribution in [3.63, 3.8) is 0 Å². The molecule has 1 N–H and O–H groups in total. The smallest absolute Gasteiger partial charge is 0.282 e. The molecular weight excluding hydrogens is 390 g/mol. The van der Waals surface area contributed by atoms with Gasteiger partial charge in [0.1, 0.15) is 5.70 Å². The van der Waals surface area contributed by atoms with Crippen LogP contribution in [0.2, 0.25) is 0 Å². The first-order valence-electron chi connectivity index (χ1n) is 10.7. The number of benzene rings is 2. The van der Waals surface area contributed by atoms with E-state index in [0.717, 1.165) is 19.5 Å². The molecule has 1 saturated heterocycles. The molecule has 2 aliphatic heterocycles. The van der Waals surface area contributed by atoms with Gasteiger partial charge in [-0.3, -0.25) is 14.4 Å². The highest BCUT2D eigenvalue weighted by molar-refractivity contribution is 6.45. The molecule has 6 nitrogen and oxygen atoms in total. The summed E-state index contributed by atoms with van der Waals surface area (Å²) in [6.07, 6.45) is 1.11. The third kappa shape index (κ3) is 4.10. The average molecular weight is 418 g/mol. The van der Waals surface area contributed by atoms with E-state index < -0.39 is 0 Å². The SMILES string of the molecule is CC(=O)Nc1ccc(C2=C(N3CC(C)CC(C)C3)C(=O)N(c3ccccc3)C2=O)cc1. The Bertz CT molecular complexity index is 1030. The van der Waals surface area contributed by atoms with Gasteiger partial charge in [-0.15, -0.1) is 0 Å². The number of likely N-dealkylation sites (tertiary alicyclic amines) is 1. The van der Waals surface area contributed by atoms with Crippen LogP contribution in [0.3, 0.4) is 0 Å². The van der Waals surface area contributed by atoms with E-state index in [1.165, 1.54) is 11.8 Å². The monoisotopic (exact) mass is 417 g/mol. The van der Waals surface area contributed by atoms with E-state index in [1.54, 1.807) is 36.4 Å². The van der Waals surface area contributed by atoms with Crippen molar-refractivity contribution in [2.45, 2.75) is 27.2 Å². The minimum Gasteiger partial charge on any atom is -0.366 e. The second-order valence-electron chi connectivity index (χ2n) is 8.61. The number of carbonyl (C=O) groups is 3. The number of rotatable bonds is 4. The Morgan fingerprint density at radius 2 is 1.52 bits per heavy atom. The topological polar surface area (TPSA) is 69.7 Å². The zero-order valence-corrected chi connectivity index (χ0v) is 18.1. The molecule has 4 rings (SSSR count). The number of hydrogen-bond donors (Lipinski definition) is 1. The van der Waals surface area contributed by atoms with E-state index in [-0.39, 0.29) is 17.7 Å². The molecule has 0 saturated carbocycles. The first-order valence-corrected chi connectivity index (χ1v) is 10.7. The minimum absolute atomic E-state index is 0.161. The number of para-hydroxylation sites is 1. The summed E-state index contributed by atoms with van der Waals surface area (Å²) in [6.45, 7) is 7.30. The number of piperidine rings is 1. The average Bonchev–Trinajstić information content (AvgIpc) is 2.98. The second-order valence-corrected chi connectivity index (χ2v) is 8.61. The molecule has 6 heteroatoms. The third-order valence-electron chi connectivity index (χ3n) is 5.75. The Balaban J connectivity index is 1.79. The predicted molar refractivity (Wildman–Crippen MR) is 121 cm³/mol. The van der Waals surface area contributed by atoms with Crippen LogP contribution in [-0.4, -0.2) is 35.7 Å². The maximum atomic E-state index is 13.6. The highest BCUT2D eigenvalue weighted by Gasteiger charge is 2.43. The first-order chi connectivity index (χ1) is 14.8. The van der Waals surface area contributed by atoms with Crippen LogP contribution >= 0.6 is 0 Å². The second kappa shape index (κ2) is 8.38. The van der Waals surface area contributed by atoms with Crippen molar-refractivity contribution >= 4 is 34.7 Å². The summed E-state index contributed by atoms with van der Waals surface area (Å²) >= 11 is 0. The van der Waals surface area contributed by atoms with Gasteiger partial charge in [0.15, 0.2) is 0 Å². The molecule has 1 fully saturated rings. The van der Waals surface area contributed by atoms with Gasteiger partial charge in [-0.05, 0) is 48.1 Å². The van der Waals surface area contributed by atoms with Crippen LogP contribution in [-0.2, 0) is 14.4 Å². The van der Waals surface area contributed by atoms with Crippen molar-refractivity contribution in [1.29, 1.82) is 0 Å². The quantitative estimate of drug-likeness (QED) is 0.766. The highest BCUT2D eigenvalue weighted by Crippen LogP contribution is 2.37. The van der Waals surface area contributed by atoms with E-state index >= 15 is 0 Å². The summed E-state index contributed by atoms with van der Waals surface area (Å²) in [5.41, 5.74) is 2.78. The van der Waals surface area contributed by atoms with Gasteiger partial charge in [-0.2, -0.15) is 0 Å². The molecule has 2 aromatic carbocycles. The van der Waals surface area contributed by atoms with Gasteiger partial charge in [0, 0.05) is 25.7 Å². The van der Waals surface area contributed by atoms with Crippen molar-refractivity contribution in [3.05, 3.63) is 65.9 Å². The van der Waals surface area contributed by atoms with Crippen LogP contribution in [0.4, 0.5) is 11.4 Å². The van der Waals surface area contributed by atoms with Crippen molar-refractivity contribution in [2.75, 3.05) is 23.3 Å². The molecule has 0 spiro atoms. The summed E-state index contributed by atoms with van der Waals surface area (Å²) < 4.78 is 0. The number of amides is 3. The summed E-state index contributed by atoms with van der Waals surface area (Å²) in [4.78, 5) is 41.8. The predicted octanol–water partition coefficient (Wildman–Crippen LogP) is 3.91. The maximum absolute atomic E-state index is 13.6. The Morgan fingerprint density at radius 3 is 2.10 bits per heavy atom. The van der Waals surface area contributed by atoms with Gasteiger partial charge in [0.2, 0.25) is 5.91 Å². The molecule has 2 unspecified atom stereocenters. The Kier molecular flexibility index (Phi) is 5.63. The Morgan fingerprint density at radius 1 is 0.903 bits per heavy atom. The lowest BCUT2D eigenvalue weighted by atomic mass is 9.91. The summed E-state index contributed by atoms with van der Waals surface area (Å²) in [6, 6.07) is 16.1. The number of carbonyl (C=O) groups excluding carboxylic acids is 3. The highest BCUT2D eigenvalue weighted by atomic mass is 16.2. The molecule has 0 aliphatic carbocycles. The third-order valence-corrected chi connectivity index (χ3v) is 5.75. The molecular formula is C25H27N3O3. The van der Waals surface area contributed by atoms with E-state index in [0.29, 0.717) is 40.0 Å². The molecule has 0 radical (unpaired) electrons. The normalized spacial score (nSPS) is 21.6. The molecule has 0 aromatic heterocycles. The fraction of sp³-hybridized carbons (Fsp3) is 0.320. The lowest BCUT2D eigenvalue weighted by molar-refractivity contribution is -0.121. The van der Waals surface area contributed by atoms with Crippen LogP contribution in [0, 0.1) is 11.8 Å². The lowest BCUT2D eigenvalue weighted by Gasteiger charge is -2.37. The minimum atomic E-state index is -0.315. The van der Waals surface area contributed by atoms with Crippen LogP contribution in [0.1, 0.15) is 32.8 Å². The zero-order chi connectivity index (χ0) is 22.1. The van der Waals surface area contributed by atoms with Gasteiger partial charge < -0.3 is 10.2 Å².